The first-order valence-corrected chi connectivity index (χ1v) is 8.11. The fraction of sp³-hybridized carbons (Fsp3) is 0.429. The van der Waals surface area contributed by atoms with Crippen LogP contribution in [0.4, 0.5) is 10.1 Å². The molecule has 1 aromatic carbocycles. The standard InChI is InChI=1S/C14H21FN4OS/c1-3-16-14(17-8-9-21-2)18-10-13(20)19-12-6-4-11(15)5-7-12/h4-7H,3,8-10H2,1-2H3,(H,19,20)(H2,16,17,18). The van der Waals surface area contributed by atoms with Crippen LogP contribution in [-0.4, -0.2) is 43.5 Å². The van der Waals surface area contributed by atoms with Gasteiger partial charge >= 0.3 is 0 Å². The zero-order chi connectivity index (χ0) is 15.5. The second kappa shape index (κ2) is 10.0. The minimum atomic E-state index is -0.335. The van der Waals surface area contributed by atoms with Crippen molar-refractivity contribution < 1.29 is 9.18 Å². The summed E-state index contributed by atoms with van der Waals surface area (Å²) < 4.78 is 12.8. The molecule has 116 valence electrons. The van der Waals surface area contributed by atoms with Gasteiger partial charge in [0.2, 0.25) is 5.91 Å². The lowest BCUT2D eigenvalue weighted by atomic mass is 10.3. The van der Waals surface area contributed by atoms with Gasteiger partial charge in [-0.2, -0.15) is 11.8 Å². The van der Waals surface area contributed by atoms with Gasteiger partial charge in [0.15, 0.2) is 5.96 Å². The van der Waals surface area contributed by atoms with Crippen LogP contribution in [0.15, 0.2) is 29.3 Å². The smallest absolute Gasteiger partial charge is 0.246 e. The number of aliphatic imine (C=N–C) groups is 1. The molecule has 0 saturated carbocycles. The van der Waals surface area contributed by atoms with Crippen LogP contribution in [0.5, 0.6) is 0 Å². The van der Waals surface area contributed by atoms with Gasteiger partial charge in [0.25, 0.3) is 0 Å². The molecule has 0 spiro atoms. The zero-order valence-electron chi connectivity index (χ0n) is 12.3. The van der Waals surface area contributed by atoms with E-state index >= 15 is 0 Å². The van der Waals surface area contributed by atoms with Gasteiger partial charge < -0.3 is 16.0 Å². The number of hydrogen-bond acceptors (Lipinski definition) is 3. The van der Waals surface area contributed by atoms with Gasteiger partial charge in [0.1, 0.15) is 12.4 Å². The summed E-state index contributed by atoms with van der Waals surface area (Å²) in [5, 5.41) is 8.87. The first-order chi connectivity index (χ1) is 10.2. The van der Waals surface area contributed by atoms with Crippen molar-refractivity contribution in [3.8, 4) is 0 Å². The van der Waals surface area contributed by atoms with Crippen LogP contribution >= 0.6 is 11.8 Å². The Morgan fingerprint density at radius 3 is 2.62 bits per heavy atom. The maximum atomic E-state index is 12.8. The summed E-state index contributed by atoms with van der Waals surface area (Å²) in [4.78, 5) is 16.0. The van der Waals surface area contributed by atoms with Crippen molar-refractivity contribution in [1.82, 2.24) is 10.6 Å². The second-order valence-corrected chi connectivity index (χ2v) is 5.16. The molecular weight excluding hydrogens is 291 g/mol. The first kappa shape index (κ1) is 17.3. The molecule has 0 radical (unpaired) electrons. The summed E-state index contributed by atoms with van der Waals surface area (Å²) in [5.74, 6) is 0.995. The Morgan fingerprint density at radius 2 is 2.00 bits per heavy atom. The van der Waals surface area contributed by atoms with E-state index in [9.17, 15) is 9.18 Å². The summed E-state index contributed by atoms with van der Waals surface area (Å²) in [6, 6.07) is 5.62. The molecule has 1 aromatic rings. The Labute approximate surface area is 128 Å². The van der Waals surface area contributed by atoms with Crippen LogP contribution in [0, 0.1) is 5.82 Å². The van der Waals surface area contributed by atoms with E-state index in [1.807, 2.05) is 13.2 Å². The number of anilines is 1. The molecule has 0 atom stereocenters. The predicted octanol–water partition coefficient (Wildman–Crippen LogP) is 1.68. The molecular formula is C14H21FN4OS. The van der Waals surface area contributed by atoms with Gasteiger partial charge in [0, 0.05) is 24.5 Å². The molecule has 0 aliphatic rings. The molecule has 1 rings (SSSR count). The summed E-state index contributed by atoms with van der Waals surface area (Å²) >= 11 is 1.73. The van der Waals surface area contributed by atoms with Crippen molar-refractivity contribution in [3.63, 3.8) is 0 Å². The molecule has 0 heterocycles. The van der Waals surface area contributed by atoms with Crippen LogP contribution in [-0.2, 0) is 4.79 Å². The number of halogens is 1. The van der Waals surface area contributed by atoms with E-state index < -0.39 is 0 Å². The molecule has 0 fully saturated rings. The molecule has 1 amide bonds. The summed E-state index contributed by atoms with van der Waals surface area (Å²) in [7, 11) is 0. The molecule has 0 aliphatic carbocycles. The highest BCUT2D eigenvalue weighted by Gasteiger charge is 2.03. The Kier molecular flexibility index (Phi) is 8.27. The molecule has 5 nitrogen and oxygen atoms in total. The molecule has 0 aromatic heterocycles. The maximum absolute atomic E-state index is 12.8. The fourth-order valence-electron chi connectivity index (χ4n) is 1.50. The van der Waals surface area contributed by atoms with Gasteiger partial charge in [-0.05, 0) is 37.4 Å². The number of rotatable bonds is 7. The molecule has 0 aliphatic heterocycles. The summed E-state index contributed by atoms with van der Waals surface area (Å²) in [5.41, 5.74) is 0.553. The lowest BCUT2D eigenvalue weighted by Crippen LogP contribution is -2.39. The average molecular weight is 312 g/mol. The van der Waals surface area contributed by atoms with E-state index in [4.69, 9.17) is 0 Å². The molecule has 0 saturated heterocycles. The Bertz CT molecular complexity index is 465. The van der Waals surface area contributed by atoms with Gasteiger partial charge in [0.05, 0.1) is 0 Å². The van der Waals surface area contributed by atoms with E-state index in [-0.39, 0.29) is 18.3 Å². The topological polar surface area (TPSA) is 65.5 Å². The lowest BCUT2D eigenvalue weighted by molar-refractivity contribution is -0.114. The lowest BCUT2D eigenvalue weighted by Gasteiger charge is -2.10. The number of nitrogens with one attached hydrogen (secondary N) is 3. The minimum Gasteiger partial charge on any atom is -0.357 e. The van der Waals surface area contributed by atoms with E-state index in [2.05, 4.69) is 20.9 Å². The van der Waals surface area contributed by atoms with Crippen molar-refractivity contribution in [2.24, 2.45) is 4.99 Å². The third-order valence-corrected chi connectivity index (χ3v) is 3.06. The second-order valence-electron chi connectivity index (χ2n) is 4.17. The Morgan fingerprint density at radius 1 is 1.29 bits per heavy atom. The molecule has 0 unspecified atom stereocenters. The van der Waals surface area contributed by atoms with E-state index in [0.29, 0.717) is 11.6 Å². The van der Waals surface area contributed by atoms with E-state index in [0.717, 1.165) is 18.8 Å². The molecule has 3 N–H and O–H groups in total. The Hall–Kier alpha value is -1.76. The van der Waals surface area contributed by atoms with Crippen molar-refractivity contribution in [2.75, 3.05) is 37.0 Å². The normalized spacial score (nSPS) is 11.1. The number of nitrogens with zero attached hydrogens (tertiary/aromatic N) is 1. The third kappa shape index (κ3) is 7.55. The van der Waals surface area contributed by atoms with Crippen molar-refractivity contribution >= 4 is 29.3 Å². The summed E-state index contributed by atoms with van der Waals surface area (Å²) in [6.07, 6.45) is 2.03. The Balaban J connectivity index is 2.46. The largest absolute Gasteiger partial charge is 0.357 e. The van der Waals surface area contributed by atoms with Crippen molar-refractivity contribution in [2.45, 2.75) is 6.92 Å². The first-order valence-electron chi connectivity index (χ1n) is 6.72. The van der Waals surface area contributed by atoms with Gasteiger partial charge in [-0.25, -0.2) is 9.38 Å². The van der Waals surface area contributed by atoms with E-state index in [1.165, 1.54) is 24.3 Å². The number of carbonyl (C=O) groups excluding carboxylic acids is 1. The van der Waals surface area contributed by atoms with Gasteiger partial charge in [-0.3, -0.25) is 4.79 Å². The molecule has 7 heteroatoms. The number of amides is 1. The third-order valence-electron chi connectivity index (χ3n) is 2.45. The number of carbonyl (C=O) groups is 1. The highest BCUT2D eigenvalue weighted by Crippen LogP contribution is 2.07. The highest BCUT2D eigenvalue weighted by molar-refractivity contribution is 7.98. The average Bonchev–Trinajstić information content (AvgIpc) is 2.47. The van der Waals surface area contributed by atoms with Crippen LogP contribution in [0.25, 0.3) is 0 Å². The van der Waals surface area contributed by atoms with Crippen LogP contribution in [0.2, 0.25) is 0 Å². The highest BCUT2D eigenvalue weighted by atomic mass is 32.2. The van der Waals surface area contributed by atoms with Crippen LogP contribution in [0.3, 0.4) is 0 Å². The van der Waals surface area contributed by atoms with E-state index in [1.54, 1.807) is 11.8 Å². The van der Waals surface area contributed by atoms with Gasteiger partial charge in [-0.1, -0.05) is 0 Å². The maximum Gasteiger partial charge on any atom is 0.246 e. The molecule has 0 bridgehead atoms. The zero-order valence-corrected chi connectivity index (χ0v) is 13.1. The number of benzene rings is 1. The predicted molar refractivity (Wildman–Crippen MR) is 87.4 cm³/mol. The van der Waals surface area contributed by atoms with Crippen molar-refractivity contribution in [1.29, 1.82) is 0 Å². The van der Waals surface area contributed by atoms with Crippen molar-refractivity contribution in [3.05, 3.63) is 30.1 Å². The van der Waals surface area contributed by atoms with Gasteiger partial charge in [-0.15, -0.1) is 0 Å². The SMILES string of the molecule is CCNC(=NCC(=O)Nc1ccc(F)cc1)NCCSC. The number of hydrogen-bond donors (Lipinski definition) is 3. The quantitative estimate of drug-likeness (QED) is 0.407. The summed E-state index contributed by atoms with van der Waals surface area (Å²) in [6.45, 7) is 3.48. The number of thioether (sulfide) groups is 1. The van der Waals surface area contributed by atoms with Crippen LogP contribution < -0.4 is 16.0 Å². The monoisotopic (exact) mass is 312 g/mol. The van der Waals surface area contributed by atoms with Crippen LogP contribution in [0.1, 0.15) is 6.92 Å². The fourth-order valence-corrected chi connectivity index (χ4v) is 1.80. The molecule has 21 heavy (non-hydrogen) atoms. The minimum absolute atomic E-state index is 0.00593. The number of guanidine groups is 1.